The van der Waals surface area contributed by atoms with E-state index in [1.807, 2.05) is 24.3 Å². The van der Waals surface area contributed by atoms with Gasteiger partial charge in [0.25, 0.3) is 0 Å². The summed E-state index contributed by atoms with van der Waals surface area (Å²) in [7, 11) is 6.35. The van der Waals surface area contributed by atoms with Crippen LogP contribution in [-0.2, 0) is 14.3 Å². The Morgan fingerprint density at radius 3 is 2.06 bits per heavy atom. The van der Waals surface area contributed by atoms with E-state index in [-0.39, 0.29) is 30.7 Å². The number of methoxy groups -OCH3 is 4. The van der Waals surface area contributed by atoms with Crippen LogP contribution in [0, 0.1) is 11.8 Å². The molecule has 0 spiro atoms. The highest BCUT2D eigenvalue weighted by molar-refractivity contribution is 5.79. The topological polar surface area (TPSA) is 81.7 Å². The van der Waals surface area contributed by atoms with Gasteiger partial charge in [-0.1, -0.05) is 0 Å². The Balaban J connectivity index is 1.75. The van der Waals surface area contributed by atoms with Crippen LogP contribution in [0.25, 0.3) is 0 Å². The number of carbonyl (C=O) groups excluding carboxylic acids is 1. The van der Waals surface area contributed by atoms with E-state index < -0.39 is 5.92 Å². The van der Waals surface area contributed by atoms with Crippen molar-refractivity contribution in [3.63, 3.8) is 0 Å². The summed E-state index contributed by atoms with van der Waals surface area (Å²) in [5.74, 6) is 1.78. The highest BCUT2D eigenvalue weighted by Crippen LogP contribution is 2.56. The average molecular weight is 428 g/mol. The van der Waals surface area contributed by atoms with Gasteiger partial charge < -0.3 is 33.2 Å². The maximum atomic E-state index is 12.9. The molecule has 5 rings (SSSR count). The Labute approximate surface area is 179 Å². The van der Waals surface area contributed by atoms with Crippen LogP contribution in [0.15, 0.2) is 24.3 Å². The van der Waals surface area contributed by atoms with Crippen LogP contribution in [0.1, 0.15) is 28.7 Å². The third kappa shape index (κ3) is 2.89. The lowest BCUT2D eigenvalue weighted by Crippen LogP contribution is -2.35. The Bertz CT molecular complexity index is 1010. The monoisotopic (exact) mass is 428 g/mol. The van der Waals surface area contributed by atoms with E-state index in [9.17, 15) is 4.79 Å². The summed E-state index contributed by atoms with van der Waals surface area (Å²) in [6, 6.07) is 7.67. The maximum absolute atomic E-state index is 12.9. The SMILES string of the molecule is COc1cc([C@@H]2c3cc4c(cc3[C@@H](OC)[C@H]3COC(=O)[C@@H]23)OCO4)cc(OC)c1OC. The zero-order valence-electron chi connectivity index (χ0n) is 17.8. The van der Waals surface area contributed by atoms with E-state index in [4.69, 9.17) is 33.2 Å². The molecule has 0 aromatic heterocycles. The average Bonchev–Trinajstić information content (AvgIpc) is 3.41. The minimum absolute atomic E-state index is 0.130. The zero-order valence-corrected chi connectivity index (χ0v) is 17.8. The van der Waals surface area contributed by atoms with Gasteiger partial charge in [0.2, 0.25) is 12.5 Å². The number of carbonyl (C=O) groups is 1. The number of hydrogen-bond acceptors (Lipinski definition) is 8. The molecule has 1 aliphatic carbocycles. The van der Waals surface area contributed by atoms with Crippen LogP contribution in [0.3, 0.4) is 0 Å². The van der Waals surface area contributed by atoms with Crippen LogP contribution in [-0.4, -0.2) is 47.8 Å². The van der Waals surface area contributed by atoms with E-state index in [2.05, 4.69) is 0 Å². The predicted octanol–water partition coefficient (Wildman–Crippen LogP) is 3.06. The van der Waals surface area contributed by atoms with Crippen LogP contribution in [0.5, 0.6) is 28.7 Å². The first-order valence-electron chi connectivity index (χ1n) is 10.0. The number of cyclic esters (lactones) is 1. The molecular formula is C23H24O8. The lowest BCUT2D eigenvalue weighted by molar-refractivity contribution is -0.141. The molecule has 1 saturated heterocycles. The van der Waals surface area contributed by atoms with Gasteiger partial charge in [0.05, 0.1) is 40.0 Å². The van der Waals surface area contributed by atoms with Crippen molar-refractivity contribution in [2.24, 2.45) is 11.8 Å². The predicted molar refractivity (Wildman–Crippen MR) is 108 cm³/mol. The molecule has 4 atom stereocenters. The highest BCUT2D eigenvalue weighted by Gasteiger charge is 2.53. The smallest absolute Gasteiger partial charge is 0.310 e. The molecule has 0 radical (unpaired) electrons. The van der Waals surface area contributed by atoms with Crippen LogP contribution >= 0.6 is 0 Å². The van der Waals surface area contributed by atoms with Crippen molar-refractivity contribution < 1.29 is 38.0 Å². The van der Waals surface area contributed by atoms with Crippen molar-refractivity contribution in [3.05, 3.63) is 41.0 Å². The number of rotatable bonds is 5. The van der Waals surface area contributed by atoms with Gasteiger partial charge in [0.1, 0.15) is 0 Å². The summed E-state index contributed by atoms with van der Waals surface area (Å²) in [5, 5.41) is 0. The third-order valence-corrected chi connectivity index (χ3v) is 6.42. The van der Waals surface area contributed by atoms with Crippen molar-refractivity contribution in [1.29, 1.82) is 0 Å². The molecule has 1 fully saturated rings. The minimum Gasteiger partial charge on any atom is -0.493 e. The molecule has 8 nitrogen and oxygen atoms in total. The fraction of sp³-hybridized carbons (Fsp3) is 0.435. The molecule has 0 saturated carbocycles. The summed E-state index contributed by atoms with van der Waals surface area (Å²) in [4.78, 5) is 12.9. The second-order valence-corrected chi connectivity index (χ2v) is 7.75. The van der Waals surface area contributed by atoms with Crippen molar-refractivity contribution in [2.45, 2.75) is 12.0 Å². The quantitative estimate of drug-likeness (QED) is 0.672. The number of benzene rings is 2. The molecule has 164 valence electrons. The highest BCUT2D eigenvalue weighted by atomic mass is 16.7. The van der Waals surface area contributed by atoms with Crippen molar-refractivity contribution in [3.8, 4) is 28.7 Å². The van der Waals surface area contributed by atoms with Crippen molar-refractivity contribution >= 4 is 5.97 Å². The number of esters is 1. The van der Waals surface area contributed by atoms with Crippen LogP contribution < -0.4 is 23.7 Å². The normalized spacial score (nSPS) is 25.5. The van der Waals surface area contributed by atoms with Gasteiger partial charge in [0, 0.05) is 18.9 Å². The van der Waals surface area contributed by atoms with Crippen LogP contribution in [0.4, 0.5) is 0 Å². The molecule has 8 heteroatoms. The van der Waals surface area contributed by atoms with Gasteiger partial charge in [-0.05, 0) is 41.0 Å². The lowest BCUT2D eigenvalue weighted by atomic mass is 9.66. The van der Waals surface area contributed by atoms with E-state index in [0.717, 1.165) is 16.7 Å². The molecule has 2 aromatic rings. The standard InChI is InChI=1S/C23H24O8/c1-25-17-5-11(6-18(26-2)22(17)28-4)19-12-7-15-16(31-10-30-15)8-13(12)21(27-3)14-9-29-23(24)20(14)19/h5-8,14,19-21H,9-10H2,1-4H3/t14-,19+,20+,21+/m0/s1. The number of fused-ring (bicyclic) bond motifs is 3. The number of hydrogen-bond donors (Lipinski definition) is 0. The van der Waals surface area contributed by atoms with Gasteiger partial charge in [-0.2, -0.15) is 0 Å². The number of ether oxygens (including phenoxy) is 7. The Hall–Kier alpha value is -3.13. The molecule has 31 heavy (non-hydrogen) atoms. The second kappa shape index (κ2) is 7.53. The first kappa shape index (κ1) is 19.8. The molecule has 2 heterocycles. The van der Waals surface area contributed by atoms with Gasteiger partial charge in [-0.25, -0.2) is 0 Å². The molecule has 0 N–H and O–H groups in total. The first-order valence-corrected chi connectivity index (χ1v) is 10.0. The van der Waals surface area contributed by atoms with Gasteiger partial charge in [-0.3, -0.25) is 4.79 Å². The fourth-order valence-electron chi connectivity index (χ4n) is 5.09. The summed E-state index contributed by atoms with van der Waals surface area (Å²) in [6.45, 7) is 0.469. The third-order valence-electron chi connectivity index (χ3n) is 6.42. The zero-order chi connectivity index (χ0) is 21.7. The lowest BCUT2D eigenvalue weighted by Gasteiger charge is -2.38. The van der Waals surface area contributed by atoms with Crippen molar-refractivity contribution in [1.82, 2.24) is 0 Å². The Morgan fingerprint density at radius 2 is 1.48 bits per heavy atom. The van der Waals surface area contributed by atoms with E-state index in [1.165, 1.54) is 0 Å². The van der Waals surface area contributed by atoms with E-state index in [1.54, 1.807) is 28.4 Å². The van der Waals surface area contributed by atoms with Gasteiger partial charge in [0.15, 0.2) is 23.0 Å². The summed E-state index contributed by atoms with van der Waals surface area (Å²) >= 11 is 0. The van der Waals surface area contributed by atoms with Gasteiger partial charge >= 0.3 is 5.97 Å². The maximum Gasteiger partial charge on any atom is 0.310 e. The van der Waals surface area contributed by atoms with Crippen molar-refractivity contribution in [2.75, 3.05) is 41.8 Å². The van der Waals surface area contributed by atoms with E-state index in [0.29, 0.717) is 35.4 Å². The van der Waals surface area contributed by atoms with Crippen LogP contribution in [0.2, 0.25) is 0 Å². The summed E-state index contributed by atoms with van der Waals surface area (Å²) < 4.78 is 39.2. The molecule has 3 aliphatic rings. The Morgan fingerprint density at radius 1 is 0.839 bits per heavy atom. The molecule has 0 amide bonds. The Kier molecular flexibility index (Phi) is 4.81. The summed E-state index contributed by atoms with van der Waals surface area (Å²) in [6.07, 6.45) is -0.292. The fourth-order valence-corrected chi connectivity index (χ4v) is 5.09. The minimum atomic E-state index is -0.416. The molecule has 2 aliphatic heterocycles. The molecule has 2 aromatic carbocycles. The first-order chi connectivity index (χ1) is 15.1. The molecular weight excluding hydrogens is 404 g/mol. The van der Waals surface area contributed by atoms with Gasteiger partial charge in [-0.15, -0.1) is 0 Å². The second-order valence-electron chi connectivity index (χ2n) is 7.75. The molecule has 0 bridgehead atoms. The van der Waals surface area contributed by atoms with E-state index >= 15 is 0 Å². The summed E-state index contributed by atoms with van der Waals surface area (Å²) in [5.41, 5.74) is 2.76. The molecule has 0 unspecified atom stereocenters. The largest absolute Gasteiger partial charge is 0.493 e.